The van der Waals surface area contributed by atoms with E-state index in [9.17, 15) is 8.42 Å². The molecule has 0 bridgehead atoms. The van der Waals surface area contributed by atoms with Crippen LogP contribution in [0.15, 0.2) is 34.5 Å². The third-order valence-electron chi connectivity index (χ3n) is 2.33. The molecule has 0 spiro atoms. The largest absolute Gasteiger partial charge is 0.402 e. The molecule has 0 saturated heterocycles. The van der Waals surface area contributed by atoms with Crippen LogP contribution < -0.4 is 5.73 Å². The van der Waals surface area contributed by atoms with Crippen molar-refractivity contribution in [2.24, 2.45) is 5.73 Å². The summed E-state index contributed by atoms with van der Waals surface area (Å²) in [5.74, 6) is 0. The molecule has 0 aromatic carbocycles. The lowest BCUT2D eigenvalue weighted by molar-refractivity contribution is 0.598. The fourth-order valence-corrected chi connectivity index (χ4v) is 1.74. The molecule has 0 aliphatic rings. The van der Waals surface area contributed by atoms with Crippen LogP contribution in [0.4, 0.5) is 0 Å². The number of nitrogens with zero attached hydrogens (tertiary/aromatic N) is 1. The number of nitrogens with two attached hydrogens (primary N) is 1. The zero-order valence-electron chi connectivity index (χ0n) is 9.98. The maximum absolute atomic E-state index is 11.3. The van der Waals surface area contributed by atoms with E-state index in [2.05, 4.69) is 4.98 Å². The van der Waals surface area contributed by atoms with Crippen molar-refractivity contribution in [1.82, 2.24) is 4.98 Å². The van der Waals surface area contributed by atoms with Crippen LogP contribution in [0.2, 0.25) is 0 Å². The van der Waals surface area contributed by atoms with Gasteiger partial charge in [0.05, 0.1) is 11.4 Å². The van der Waals surface area contributed by atoms with Crippen molar-refractivity contribution < 1.29 is 8.42 Å². The van der Waals surface area contributed by atoms with Crippen LogP contribution in [0.5, 0.6) is 0 Å². The SMILES string of the molecule is C/C(N)=C(\C)C(=N)c1cccc(S(C)(=O)=O)n1. The van der Waals surface area contributed by atoms with Crippen LogP contribution in [-0.2, 0) is 9.84 Å². The molecule has 0 fully saturated rings. The molecule has 0 amide bonds. The van der Waals surface area contributed by atoms with E-state index < -0.39 is 9.84 Å². The second-order valence-electron chi connectivity index (χ2n) is 3.82. The topological polar surface area (TPSA) is 96.9 Å². The Kier molecular flexibility index (Phi) is 3.67. The summed E-state index contributed by atoms with van der Waals surface area (Å²) in [6.07, 6.45) is 1.08. The molecule has 0 radical (unpaired) electrons. The molecule has 1 aromatic rings. The number of aromatic nitrogens is 1. The van der Waals surface area contributed by atoms with Gasteiger partial charge in [-0.3, -0.25) is 5.41 Å². The van der Waals surface area contributed by atoms with Crippen molar-refractivity contribution >= 4 is 15.5 Å². The standard InChI is InChI=1S/C11H15N3O2S/c1-7(8(2)12)11(13)9-5-4-6-10(14-9)17(3,15)16/h4-6,13H,12H2,1-3H3/b8-7-,13-11?. The number of hydrogen-bond donors (Lipinski definition) is 2. The van der Waals surface area contributed by atoms with E-state index in [4.69, 9.17) is 11.1 Å². The first-order valence-electron chi connectivity index (χ1n) is 4.93. The van der Waals surface area contributed by atoms with Crippen LogP contribution in [0.3, 0.4) is 0 Å². The molecular weight excluding hydrogens is 238 g/mol. The summed E-state index contributed by atoms with van der Waals surface area (Å²) >= 11 is 0. The molecular formula is C11H15N3O2S. The molecule has 0 saturated carbocycles. The molecule has 0 aliphatic heterocycles. The van der Waals surface area contributed by atoms with Crippen molar-refractivity contribution in [1.29, 1.82) is 5.41 Å². The summed E-state index contributed by atoms with van der Waals surface area (Å²) in [5.41, 5.74) is 7.13. The smallest absolute Gasteiger partial charge is 0.192 e. The summed E-state index contributed by atoms with van der Waals surface area (Å²) in [7, 11) is -3.36. The Balaban J connectivity index is 3.28. The monoisotopic (exact) mass is 253 g/mol. The van der Waals surface area contributed by atoms with Gasteiger partial charge in [-0.15, -0.1) is 0 Å². The lowest BCUT2D eigenvalue weighted by Gasteiger charge is -2.06. The third-order valence-corrected chi connectivity index (χ3v) is 3.31. The first kappa shape index (κ1) is 13.4. The average molecular weight is 253 g/mol. The van der Waals surface area contributed by atoms with Gasteiger partial charge in [0.15, 0.2) is 14.9 Å². The minimum atomic E-state index is -3.36. The van der Waals surface area contributed by atoms with E-state index in [1.165, 1.54) is 6.07 Å². The Morgan fingerprint density at radius 1 is 1.35 bits per heavy atom. The van der Waals surface area contributed by atoms with Crippen molar-refractivity contribution in [3.05, 3.63) is 35.2 Å². The first-order valence-corrected chi connectivity index (χ1v) is 6.82. The summed E-state index contributed by atoms with van der Waals surface area (Å²) in [6, 6.07) is 4.55. The molecule has 1 heterocycles. The van der Waals surface area contributed by atoms with Crippen LogP contribution in [0.1, 0.15) is 19.5 Å². The van der Waals surface area contributed by atoms with E-state index in [0.717, 1.165) is 6.26 Å². The second-order valence-corrected chi connectivity index (χ2v) is 5.78. The van der Waals surface area contributed by atoms with Gasteiger partial charge in [0.1, 0.15) is 0 Å². The highest BCUT2D eigenvalue weighted by Crippen LogP contribution is 2.11. The van der Waals surface area contributed by atoms with Crippen LogP contribution >= 0.6 is 0 Å². The van der Waals surface area contributed by atoms with Gasteiger partial charge < -0.3 is 5.73 Å². The second kappa shape index (κ2) is 4.67. The van der Waals surface area contributed by atoms with Gasteiger partial charge in [-0.1, -0.05) is 6.07 Å². The number of pyridine rings is 1. The molecule has 0 aliphatic carbocycles. The Labute approximate surface area is 101 Å². The molecule has 17 heavy (non-hydrogen) atoms. The lowest BCUT2D eigenvalue weighted by atomic mass is 10.1. The van der Waals surface area contributed by atoms with Crippen LogP contribution in [0, 0.1) is 5.41 Å². The van der Waals surface area contributed by atoms with Crippen LogP contribution in [0.25, 0.3) is 0 Å². The summed E-state index contributed by atoms with van der Waals surface area (Å²) in [6.45, 7) is 3.39. The third kappa shape index (κ3) is 3.13. The van der Waals surface area contributed by atoms with Gasteiger partial charge in [-0.2, -0.15) is 0 Å². The van der Waals surface area contributed by atoms with Gasteiger partial charge in [0.25, 0.3) is 0 Å². The fraction of sp³-hybridized carbons (Fsp3) is 0.273. The zero-order chi connectivity index (χ0) is 13.2. The zero-order valence-corrected chi connectivity index (χ0v) is 10.8. The summed E-state index contributed by atoms with van der Waals surface area (Å²) in [5, 5.41) is 7.83. The molecule has 0 atom stereocenters. The maximum Gasteiger partial charge on any atom is 0.192 e. The highest BCUT2D eigenvalue weighted by Gasteiger charge is 2.12. The van der Waals surface area contributed by atoms with Gasteiger partial charge in [0.2, 0.25) is 0 Å². The molecule has 0 unspecified atom stereocenters. The molecule has 1 aromatic heterocycles. The van der Waals surface area contributed by atoms with Crippen molar-refractivity contribution in [2.45, 2.75) is 18.9 Å². The minimum Gasteiger partial charge on any atom is -0.402 e. The number of rotatable bonds is 3. The number of nitrogens with one attached hydrogen (secondary N) is 1. The normalized spacial score (nSPS) is 13.1. The highest BCUT2D eigenvalue weighted by molar-refractivity contribution is 7.90. The Morgan fingerprint density at radius 3 is 2.41 bits per heavy atom. The maximum atomic E-state index is 11.3. The van der Waals surface area contributed by atoms with Crippen molar-refractivity contribution in [3.8, 4) is 0 Å². The quantitative estimate of drug-likeness (QED) is 0.788. The highest BCUT2D eigenvalue weighted by atomic mass is 32.2. The first-order chi connectivity index (χ1) is 7.73. The molecule has 5 nitrogen and oxygen atoms in total. The van der Waals surface area contributed by atoms with Crippen LogP contribution in [-0.4, -0.2) is 25.4 Å². The minimum absolute atomic E-state index is 0.0396. The summed E-state index contributed by atoms with van der Waals surface area (Å²) < 4.78 is 22.7. The van der Waals surface area contributed by atoms with E-state index in [1.54, 1.807) is 26.0 Å². The molecule has 3 N–H and O–H groups in total. The predicted octanol–water partition coefficient (Wildman–Crippen LogP) is 1.11. The van der Waals surface area contributed by atoms with Gasteiger partial charge in [-0.05, 0) is 31.6 Å². The van der Waals surface area contributed by atoms with Crippen molar-refractivity contribution in [3.63, 3.8) is 0 Å². The van der Waals surface area contributed by atoms with Gasteiger partial charge in [0, 0.05) is 12.0 Å². The predicted molar refractivity (Wildman–Crippen MR) is 66.7 cm³/mol. The Bertz CT molecular complexity index is 584. The van der Waals surface area contributed by atoms with E-state index >= 15 is 0 Å². The number of allylic oxidation sites excluding steroid dienone is 2. The van der Waals surface area contributed by atoms with Gasteiger partial charge in [-0.25, -0.2) is 13.4 Å². The van der Waals surface area contributed by atoms with Crippen molar-refractivity contribution in [2.75, 3.05) is 6.26 Å². The Morgan fingerprint density at radius 2 is 1.94 bits per heavy atom. The molecule has 92 valence electrons. The number of sulfone groups is 1. The van der Waals surface area contributed by atoms with Gasteiger partial charge >= 0.3 is 0 Å². The lowest BCUT2D eigenvalue weighted by Crippen LogP contribution is -2.11. The fourth-order valence-electron chi connectivity index (χ4n) is 1.15. The average Bonchev–Trinajstić information content (AvgIpc) is 2.26. The molecule has 1 rings (SSSR count). The van der Waals surface area contributed by atoms with E-state index in [1.807, 2.05) is 0 Å². The Hall–Kier alpha value is -1.69. The van der Waals surface area contributed by atoms with E-state index in [-0.39, 0.29) is 10.7 Å². The molecule has 6 heteroatoms. The van der Waals surface area contributed by atoms with E-state index in [0.29, 0.717) is 17.0 Å². The summed E-state index contributed by atoms with van der Waals surface area (Å²) in [4.78, 5) is 3.95. The number of hydrogen-bond acceptors (Lipinski definition) is 5.